The van der Waals surface area contributed by atoms with Crippen LogP contribution in [0.1, 0.15) is 45.9 Å². The average Bonchev–Trinajstić information content (AvgIpc) is 2.39. The first-order valence-electron chi connectivity index (χ1n) is 6.98. The van der Waals surface area contributed by atoms with Crippen LogP contribution in [0, 0.1) is 5.92 Å². The van der Waals surface area contributed by atoms with E-state index in [-0.39, 0.29) is 0 Å². The topological polar surface area (TPSA) is 28.2 Å². The summed E-state index contributed by atoms with van der Waals surface area (Å²) in [6, 6.07) is 4.61. The normalized spacial score (nSPS) is 14.3. The molecule has 18 heavy (non-hydrogen) atoms. The van der Waals surface area contributed by atoms with Crippen LogP contribution in [0.5, 0.6) is 0 Å². The molecule has 0 spiro atoms. The lowest BCUT2D eigenvalue weighted by Crippen LogP contribution is -2.24. The van der Waals surface area contributed by atoms with Crippen LogP contribution in [0.15, 0.2) is 18.3 Å². The second-order valence-electron chi connectivity index (χ2n) is 5.11. The summed E-state index contributed by atoms with van der Waals surface area (Å²) in [7, 11) is 2.14. The molecule has 3 heteroatoms. The molecule has 0 amide bonds. The monoisotopic (exact) mass is 249 g/mol. The zero-order chi connectivity index (χ0) is 13.5. The zero-order valence-corrected chi connectivity index (χ0v) is 12.4. The molecule has 2 unspecified atom stereocenters. The molecule has 3 nitrogen and oxygen atoms in total. The minimum atomic E-state index is 0.323. The van der Waals surface area contributed by atoms with Gasteiger partial charge in [-0.25, -0.2) is 0 Å². The highest BCUT2D eigenvalue weighted by atomic mass is 15.1. The molecule has 0 bridgehead atoms. The number of nitrogens with one attached hydrogen (secondary N) is 1. The van der Waals surface area contributed by atoms with E-state index in [1.165, 1.54) is 12.1 Å². The van der Waals surface area contributed by atoms with E-state index in [2.05, 4.69) is 62.1 Å². The Hall–Kier alpha value is -1.09. The number of anilines is 1. The van der Waals surface area contributed by atoms with Gasteiger partial charge in [-0.3, -0.25) is 4.98 Å². The Labute approximate surface area is 112 Å². The van der Waals surface area contributed by atoms with Gasteiger partial charge in [0.1, 0.15) is 0 Å². The van der Waals surface area contributed by atoms with E-state index >= 15 is 0 Å². The molecule has 0 fully saturated rings. The molecule has 1 aromatic heterocycles. The van der Waals surface area contributed by atoms with Gasteiger partial charge < -0.3 is 10.2 Å². The fourth-order valence-electron chi connectivity index (χ4n) is 1.99. The molecule has 1 N–H and O–H groups in total. The van der Waals surface area contributed by atoms with Gasteiger partial charge in [-0.15, -0.1) is 0 Å². The predicted molar refractivity (Wildman–Crippen MR) is 79.1 cm³/mol. The minimum absolute atomic E-state index is 0.323. The van der Waals surface area contributed by atoms with Crippen LogP contribution in [-0.4, -0.2) is 25.1 Å². The second-order valence-corrected chi connectivity index (χ2v) is 5.11. The van der Waals surface area contributed by atoms with Crippen LogP contribution in [-0.2, 0) is 0 Å². The number of hydrogen-bond acceptors (Lipinski definition) is 3. The van der Waals surface area contributed by atoms with Crippen LogP contribution in [0.25, 0.3) is 0 Å². The van der Waals surface area contributed by atoms with Gasteiger partial charge in [-0.2, -0.15) is 0 Å². The third-order valence-electron chi connectivity index (χ3n) is 3.45. The van der Waals surface area contributed by atoms with Crippen molar-refractivity contribution in [2.45, 2.75) is 40.2 Å². The van der Waals surface area contributed by atoms with Crippen LogP contribution in [0.3, 0.4) is 0 Å². The number of hydrogen-bond donors (Lipinski definition) is 1. The summed E-state index contributed by atoms with van der Waals surface area (Å²) in [6.07, 6.45) is 3.19. The molecule has 2 atom stereocenters. The highest BCUT2D eigenvalue weighted by molar-refractivity contribution is 5.43. The Morgan fingerprint density at radius 2 is 2.00 bits per heavy atom. The average molecular weight is 249 g/mol. The zero-order valence-electron chi connectivity index (χ0n) is 12.4. The molecular formula is C15H27N3. The number of rotatable bonds is 7. The Balaban J connectivity index is 2.64. The first-order valence-corrected chi connectivity index (χ1v) is 6.98. The van der Waals surface area contributed by atoms with Gasteiger partial charge in [0.05, 0.1) is 17.6 Å². The Morgan fingerprint density at radius 1 is 1.28 bits per heavy atom. The van der Waals surface area contributed by atoms with Crippen molar-refractivity contribution in [3.63, 3.8) is 0 Å². The summed E-state index contributed by atoms with van der Waals surface area (Å²) in [5.41, 5.74) is 2.31. The van der Waals surface area contributed by atoms with Gasteiger partial charge >= 0.3 is 0 Å². The molecule has 1 heterocycles. The van der Waals surface area contributed by atoms with Crippen molar-refractivity contribution >= 4 is 5.69 Å². The van der Waals surface area contributed by atoms with Gasteiger partial charge in [-0.05, 0) is 31.5 Å². The second kappa shape index (κ2) is 7.37. The molecule has 0 aliphatic carbocycles. The molecule has 1 rings (SSSR count). The van der Waals surface area contributed by atoms with E-state index in [0.717, 1.165) is 24.7 Å². The first-order chi connectivity index (χ1) is 8.58. The lowest BCUT2D eigenvalue weighted by molar-refractivity contribution is 0.558. The predicted octanol–water partition coefficient (Wildman–Crippen LogP) is 3.23. The fraction of sp³-hybridized carbons (Fsp3) is 0.667. The van der Waals surface area contributed by atoms with Crippen molar-refractivity contribution < 1.29 is 0 Å². The van der Waals surface area contributed by atoms with E-state index < -0.39 is 0 Å². The molecule has 0 aliphatic rings. The summed E-state index contributed by atoms with van der Waals surface area (Å²) in [5.74, 6) is 0.718. The molecule has 102 valence electrons. The van der Waals surface area contributed by atoms with Crippen LogP contribution < -0.4 is 10.2 Å². The van der Waals surface area contributed by atoms with Crippen LogP contribution in [0.2, 0.25) is 0 Å². The van der Waals surface area contributed by atoms with Gasteiger partial charge in [0.15, 0.2) is 0 Å². The smallest absolute Gasteiger partial charge is 0.0572 e. The minimum Gasteiger partial charge on any atom is -0.373 e. The molecule has 0 saturated heterocycles. The lowest BCUT2D eigenvalue weighted by atomic mass is 10.1. The lowest BCUT2D eigenvalue weighted by Gasteiger charge is -2.23. The van der Waals surface area contributed by atoms with Crippen molar-refractivity contribution in [3.8, 4) is 0 Å². The molecule has 0 saturated carbocycles. The van der Waals surface area contributed by atoms with E-state index in [4.69, 9.17) is 0 Å². The largest absolute Gasteiger partial charge is 0.373 e. The first kappa shape index (κ1) is 15.0. The quantitative estimate of drug-likeness (QED) is 0.804. The molecular weight excluding hydrogens is 222 g/mol. The highest BCUT2D eigenvalue weighted by Gasteiger charge is 2.08. The number of nitrogens with zero attached hydrogens (tertiary/aromatic N) is 2. The SMILES string of the molecule is CCNC(C)c1ccc(N(C)CC(C)CC)cn1. The van der Waals surface area contributed by atoms with E-state index in [9.17, 15) is 0 Å². The summed E-state index contributed by atoms with van der Waals surface area (Å²) in [4.78, 5) is 6.83. The Bertz CT molecular complexity index is 334. The maximum absolute atomic E-state index is 4.55. The van der Waals surface area contributed by atoms with Crippen LogP contribution in [0.4, 0.5) is 5.69 Å². The van der Waals surface area contributed by atoms with Gasteiger partial charge in [0, 0.05) is 19.6 Å². The summed E-state index contributed by atoms with van der Waals surface area (Å²) in [5, 5.41) is 3.38. The van der Waals surface area contributed by atoms with Crippen molar-refractivity contribution in [2.24, 2.45) is 5.92 Å². The van der Waals surface area contributed by atoms with E-state index in [1.54, 1.807) is 0 Å². The van der Waals surface area contributed by atoms with Gasteiger partial charge in [0.25, 0.3) is 0 Å². The van der Waals surface area contributed by atoms with Gasteiger partial charge in [-0.1, -0.05) is 27.2 Å². The summed E-state index contributed by atoms with van der Waals surface area (Å²) >= 11 is 0. The fourth-order valence-corrected chi connectivity index (χ4v) is 1.99. The number of pyridine rings is 1. The maximum atomic E-state index is 4.55. The summed E-state index contributed by atoms with van der Waals surface area (Å²) in [6.45, 7) is 10.8. The maximum Gasteiger partial charge on any atom is 0.0572 e. The Kier molecular flexibility index (Phi) is 6.13. The van der Waals surface area contributed by atoms with Crippen molar-refractivity contribution in [1.82, 2.24) is 10.3 Å². The molecule has 1 aromatic rings. The van der Waals surface area contributed by atoms with Crippen LogP contribution >= 0.6 is 0 Å². The van der Waals surface area contributed by atoms with Gasteiger partial charge in [0.2, 0.25) is 0 Å². The van der Waals surface area contributed by atoms with E-state index in [0.29, 0.717) is 6.04 Å². The standard InChI is InChI=1S/C15H27N3/c1-6-12(3)11-18(5)14-8-9-15(17-10-14)13(4)16-7-2/h8-10,12-13,16H,6-7,11H2,1-5H3. The molecule has 0 aliphatic heterocycles. The summed E-state index contributed by atoms with van der Waals surface area (Å²) < 4.78 is 0. The van der Waals surface area contributed by atoms with Crippen molar-refractivity contribution in [1.29, 1.82) is 0 Å². The molecule has 0 radical (unpaired) electrons. The molecule has 0 aromatic carbocycles. The van der Waals surface area contributed by atoms with Crippen molar-refractivity contribution in [3.05, 3.63) is 24.0 Å². The third kappa shape index (κ3) is 4.30. The Morgan fingerprint density at radius 3 is 2.50 bits per heavy atom. The highest BCUT2D eigenvalue weighted by Crippen LogP contribution is 2.17. The third-order valence-corrected chi connectivity index (χ3v) is 3.45. The van der Waals surface area contributed by atoms with Crippen molar-refractivity contribution in [2.75, 3.05) is 25.0 Å². The number of aromatic nitrogens is 1. The van der Waals surface area contributed by atoms with E-state index in [1.807, 2.05) is 6.20 Å².